The first-order valence-corrected chi connectivity index (χ1v) is 8.67. The minimum atomic E-state index is 0.380. The summed E-state index contributed by atoms with van der Waals surface area (Å²) in [6, 6.07) is 7.81. The van der Waals surface area contributed by atoms with E-state index in [4.69, 9.17) is 0 Å². The van der Waals surface area contributed by atoms with E-state index in [2.05, 4.69) is 84.1 Å². The third kappa shape index (κ3) is 3.79. The number of nitrogens with one attached hydrogen (secondary N) is 1. The largest absolute Gasteiger partial charge is 0.370 e. The van der Waals surface area contributed by atoms with E-state index in [-0.39, 0.29) is 0 Å². The van der Waals surface area contributed by atoms with Crippen LogP contribution in [0.25, 0.3) is 0 Å². The van der Waals surface area contributed by atoms with E-state index in [1.54, 1.807) is 0 Å². The summed E-state index contributed by atoms with van der Waals surface area (Å²) in [5.74, 6) is 0.708. The number of benzene rings is 1. The van der Waals surface area contributed by atoms with Gasteiger partial charge in [-0.05, 0) is 51.2 Å². The molecule has 0 spiro atoms. The maximum absolute atomic E-state index is 3.75. The Bertz CT molecular complexity index is 475. The molecule has 0 aliphatic carbocycles. The Balaban J connectivity index is 2.14. The molecule has 3 nitrogen and oxygen atoms in total. The van der Waals surface area contributed by atoms with Crippen LogP contribution in [-0.2, 0) is 0 Å². The number of hydrogen-bond acceptors (Lipinski definition) is 3. The number of rotatable bonds is 5. The summed E-state index contributed by atoms with van der Waals surface area (Å²) in [5.41, 5.74) is 2.66. The average molecular weight is 354 g/mol. The maximum atomic E-state index is 3.75. The Morgan fingerprint density at radius 2 is 2.10 bits per heavy atom. The van der Waals surface area contributed by atoms with Crippen molar-refractivity contribution in [3.8, 4) is 0 Å². The lowest BCUT2D eigenvalue weighted by atomic mass is 10.1. The van der Waals surface area contributed by atoms with Gasteiger partial charge in [-0.2, -0.15) is 0 Å². The molecule has 0 radical (unpaired) electrons. The lowest BCUT2D eigenvalue weighted by molar-refractivity contribution is 0.266. The zero-order chi connectivity index (χ0) is 15.6. The van der Waals surface area contributed by atoms with E-state index in [1.807, 2.05) is 0 Å². The van der Waals surface area contributed by atoms with Gasteiger partial charge in [0.2, 0.25) is 0 Å². The number of nitrogens with zero attached hydrogens (tertiary/aromatic N) is 2. The molecule has 1 fully saturated rings. The smallest absolute Gasteiger partial charge is 0.0378 e. The highest BCUT2D eigenvalue weighted by Gasteiger charge is 2.31. The van der Waals surface area contributed by atoms with Gasteiger partial charge in [0.1, 0.15) is 0 Å². The summed E-state index contributed by atoms with van der Waals surface area (Å²) < 4.78 is 1.20. The molecule has 21 heavy (non-hydrogen) atoms. The molecule has 1 aliphatic heterocycles. The second-order valence-corrected chi connectivity index (χ2v) is 7.25. The first-order valence-electron chi connectivity index (χ1n) is 7.88. The summed E-state index contributed by atoms with van der Waals surface area (Å²) in [4.78, 5) is 4.85. The van der Waals surface area contributed by atoms with E-state index in [1.165, 1.54) is 15.7 Å². The quantitative estimate of drug-likeness (QED) is 0.873. The van der Waals surface area contributed by atoms with E-state index in [0.29, 0.717) is 18.0 Å². The first kappa shape index (κ1) is 16.8. The standard InChI is InChI=1S/C17H28BrN3/c1-6-19-13(3)15-8-7-14(9-16(15)18)21-10-12(2)17(11-21)20(4)5/h7-9,12-13,17,19H,6,10-11H2,1-5H3. The highest BCUT2D eigenvalue weighted by molar-refractivity contribution is 9.10. The Hall–Kier alpha value is -0.580. The van der Waals surface area contributed by atoms with Gasteiger partial charge in [-0.25, -0.2) is 0 Å². The molecule has 1 aromatic carbocycles. The van der Waals surface area contributed by atoms with Crippen LogP contribution in [0.1, 0.15) is 32.4 Å². The van der Waals surface area contributed by atoms with Crippen LogP contribution in [-0.4, -0.2) is 44.7 Å². The molecule has 118 valence electrons. The van der Waals surface area contributed by atoms with Gasteiger partial charge in [-0.1, -0.05) is 35.8 Å². The highest BCUT2D eigenvalue weighted by Crippen LogP contribution is 2.31. The van der Waals surface area contributed by atoms with Crippen molar-refractivity contribution in [2.24, 2.45) is 5.92 Å². The molecular formula is C17H28BrN3. The van der Waals surface area contributed by atoms with E-state index in [9.17, 15) is 0 Å². The van der Waals surface area contributed by atoms with Crippen LogP contribution < -0.4 is 10.2 Å². The lowest BCUT2D eigenvalue weighted by Crippen LogP contribution is -2.34. The molecule has 1 heterocycles. The minimum Gasteiger partial charge on any atom is -0.370 e. The Labute approximate surface area is 137 Å². The molecule has 3 atom stereocenters. The Morgan fingerprint density at radius 1 is 1.38 bits per heavy atom. The maximum Gasteiger partial charge on any atom is 0.0378 e. The van der Waals surface area contributed by atoms with Crippen molar-refractivity contribution in [3.63, 3.8) is 0 Å². The van der Waals surface area contributed by atoms with E-state index >= 15 is 0 Å². The predicted octanol–water partition coefficient (Wildman–Crippen LogP) is 3.51. The normalized spacial score (nSPS) is 23.9. The van der Waals surface area contributed by atoms with Crippen molar-refractivity contribution in [1.29, 1.82) is 0 Å². The van der Waals surface area contributed by atoms with Gasteiger partial charge in [0.05, 0.1) is 0 Å². The summed E-state index contributed by atoms with van der Waals surface area (Å²) in [6.45, 7) is 9.94. The molecule has 0 aromatic heterocycles. The monoisotopic (exact) mass is 353 g/mol. The van der Waals surface area contributed by atoms with Gasteiger partial charge < -0.3 is 15.1 Å². The van der Waals surface area contributed by atoms with Gasteiger partial charge in [0.25, 0.3) is 0 Å². The summed E-state index contributed by atoms with van der Waals surface area (Å²) in [5, 5.41) is 3.47. The molecular weight excluding hydrogens is 326 g/mol. The number of likely N-dealkylation sites (N-methyl/N-ethyl adjacent to an activating group) is 1. The molecule has 1 aliphatic rings. The molecule has 4 heteroatoms. The molecule has 2 rings (SSSR count). The number of hydrogen-bond donors (Lipinski definition) is 1. The SMILES string of the molecule is CCNC(C)c1ccc(N2CC(C)C(N(C)C)C2)cc1Br. The number of halogens is 1. The summed E-state index contributed by atoms with van der Waals surface area (Å²) in [6.07, 6.45) is 0. The zero-order valence-corrected chi connectivity index (χ0v) is 15.4. The predicted molar refractivity (Wildman–Crippen MR) is 95.1 cm³/mol. The molecule has 3 unspecified atom stereocenters. The van der Waals surface area contributed by atoms with Gasteiger partial charge >= 0.3 is 0 Å². The van der Waals surface area contributed by atoms with Gasteiger partial charge in [-0.15, -0.1) is 0 Å². The van der Waals surface area contributed by atoms with Crippen molar-refractivity contribution in [1.82, 2.24) is 10.2 Å². The second kappa shape index (κ2) is 7.12. The fraction of sp³-hybridized carbons (Fsp3) is 0.647. The third-order valence-corrected chi connectivity index (χ3v) is 5.25. The topological polar surface area (TPSA) is 18.5 Å². The van der Waals surface area contributed by atoms with Crippen LogP contribution in [0.4, 0.5) is 5.69 Å². The Kier molecular flexibility index (Phi) is 5.69. The summed E-state index contributed by atoms with van der Waals surface area (Å²) >= 11 is 3.75. The molecule has 1 N–H and O–H groups in total. The van der Waals surface area contributed by atoms with Crippen LogP contribution in [0, 0.1) is 5.92 Å². The van der Waals surface area contributed by atoms with Gasteiger partial charge in [0.15, 0.2) is 0 Å². The van der Waals surface area contributed by atoms with Gasteiger partial charge in [0, 0.05) is 35.3 Å². The first-order chi connectivity index (χ1) is 9.93. The molecule has 1 saturated heterocycles. The fourth-order valence-electron chi connectivity index (χ4n) is 3.31. The summed E-state index contributed by atoms with van der Waals surface area (Å²) in [7, 11) is 4.36. The van der Waals surface area contributed by atoms with Crippen molar-refractivity contribution in [3.05, 3.63) is 28.2 Å². The van der Waals surface area contributed by atoms with Gasteiger partial charge in [-0.3, -0.25) is 0 Å². The van der Waals surface area contributed by atoms with Crippen LogP contribution in [0.15, 0.2) is 22.7 Å². The average Bonchev–Trinajstić information content (AvgIpc) is 2.81. The highest BCUT2D eigenvalue weighted by atomic mass is 79.9. The minimum absolute atomic E-state index is 0.380. The van der Waals surface area contributed by atoms with Crippen molar-refractivity contribution < 1.29 is 0 Å². The van der Waals surface area contributed by atoms with E-state index < -0.39 is 0 Å². The van der Waals surface area contributed by atoms with Crippen molar-refractivity contribution in [2.45, 2.75) is 32.9 Å². The lowest BCUT2D eigenvalue weighted by Gasteiger charge is -2.23. The van der Waals surface area contributed by atoms with Crippen LogP contribution in [0.2, 0.25) is 0 Å². The van der Waals surface area contributed by atoms with Crippen LogP contribution in [0.5, 0.6) is 0 Å². The fourth-order valence-corrected chi connectivity index (χ4v) is 4.02. The molecule has 0 amide bonds. The Morgan fingerprint density at radius 3 is 2.62 bits per heavy atom. The van der Waals surface area contributed by atoms with Crippen LogP contribution >= 0.6 is 15.9 Å². The van der Waals surface area contributed by atoms with E-state index in [0.717, 1.165) is 19.6 Å². The molecule has 0 bridgehead atoms. The van der Waals surface area contributed by atoms with Crippen molar-refractivity contribution >= 4 is 21.6 Å². The van der Waals surface area contributed by atoms with Crippen molar-refractivity contribution in [2.75, 3.05) is 38.6 Å². The second-order valence-electron chi connectivity index (χ2n) is 6.40. The third-order valence-electron chi connectivity index (χ3n) is 4.56. The number of anilines is 1. The molecule has 1 aromatic rings. The molecule has 0 saturated carbocycles. The zero-order valence-electron chi connectivity index (χ0n) is 13.9. The van der Waals surface area contributed by atoms with Crippen LogP contribution in [0.3, 0.4) is 0 Å².